The molecule has 10 heteroatoms. The number of nitrogens with one attached hydrogen (secondary N) is 1. The molecule has 0 aliphatic carbocycles. The van der Waals surface area contributed by atoms with Crippen molar-refractivity contribution in [2.45, 2.75) is 44.9 Å². The van der Waals surface area contributed by atoms with E-state index in [-0.39, 0.29) is 31.6 Å². The summed E-state index contributed by atoms with van der Waals surface area (Å²) in [6, 6.07) is 8.59. The molecule has 2 unspecified atom stereocenters. The number of carbonyl (C=O) groups is 4. The molecule has 1 saturated heterocycles. The van der Waals surface area contributed by atoms with E-state index in [2.05, 4.69) is 11.9 Å². The number of rotatable bonds is 13. The maximum absolute atomic E-state index is 13.6. The van der Waals surface area contributed by atoms with Crippen molar-refractivity contribution in [2.75, 3.05) is 33.3 Å². The van der Waals surface area contributed by atoms with Gasteiger partial charge in [0.25, 0.3) is 0 Å². The fourth-order valence-electron chi connectivity index (χ4n) is 4.00. The maximum Gasteiger partial charge on any atom is 0.407 e. The SMILES string of the molecule is C=CCOC(=O)NCCC[C@H]1C(=O)N(C(C)c2ccccc2)CC(N(C=O)N(C)CC)N1C=O. The van der Waals surface area contributed by atoms with Crippen LogP contribution < -0.4 is 5.32 Å². The highest BCUT2D eigenvalue weighted by molar-refractivity contribution is 5.85. The Hall–Kier alpha value is -3.40. The molecule has 10 nitrogen and oxygen atoms in total. The van der Waals surface area contributed by atoms with Gasteiger partial charge in [-0.3, -0.25) is 19.4 Å². The molecule has 1 N–H and O–H groups in total. The zero-order valence-corrected chi connectivity index (χ0v) is 20.1. The van der Waals surface area contributed by atoms with Crippen molar-refractivity contribution in [3.05, 3.63) is 48.6 Å². The molecule has 0 spiro atoms. The molecule has 3 atom stereocenters. The zero-order valence-electron chi connectivity index (χ0n) is 20.1. The van der Waals surface area contributed by atoms with Gasteiger partial charge in [0.05, 0.1) is 12.6 Å². The minimum atomic E-state index is -0.777. The summed E-state index contributed by atoms with van der Waals surface area (Å²) in [7, 11) is 1.76. The quantitative estimate of drug-likeness (QED) is 0.203. The third-order valence-corrected chi connectivity index (χ3v) is 6.02. The second-order valence-electron chi connectivity index (χ2n) is 8.04. The van der Waals surface area contributed by atoms with Gasteiger partial charge in [0, 0.05) is 20.1 Å². The van der Waals surface area contributed by atoms with Gasteiger partial charge < -0.3 is 19.9 Å². The number of benzene rings is 1. The Kier molecular flexibility index (Phi) is 10.5. The second kappa shape index (κ2) is 13.3. The average molecular weight is 474 g/mol. The van der Waals surface area contributed by atoms with Crippen LogP contribution in [0.3, 0.4) is 0 Å². The molecule has 1 heterocycles. The number of amides is 4. The molecule has 0 radical (unpaired) electrons. The number of alkyl carbamates (subject to hydrolysis) is 1. The first-order chi connectivity index (χ1) is 16.4. The van der Waals surface area contributed by atoms with Crippen LogP contribution in [0.15, 0.2) is 43.0 Å². The molecule has 2 rings (SSSR count). The molecule has 34 heavy (non-hydrogen) atoms. The summed E-state index contributed by atoms with van der Waals surface area (Å²) in [5, 5.41) is 5.78. The zero-order chi connectivity index (χ0) is 25.1. The van der Waals surface area contributed by atoms with Crippen molar-refractivity contribution in [3.8, 4) is 0 Å². The van der Waals surface area contributed by atoms with E-state index in [1.54, 1.807) is 17.0 Å². The Bertz CT molecular complexity index is 836. The molecule has 1 aliphatic heterocycles. The van der Waals surface area contributed by atoms with Crippen molar-refractivity contribution in [1.82, 2.24) is 25.1 Å². The predicted octanol–water partition coefficient (Wildman–Crippen LogP) is 1.76. The van der Waals surface area contributed by atoms with E-state index in [1.807, 2.05) is 44.2 Å². The van der Waals surface area contributed by atoms with Crippen LogP contribution in [-0.4, -0.2) is 90.1 Å². The lowest BCUT2D eigenvalue weighted by molar-refractivity contribution is -0.177. The molecule has 0 saturated carbocycles. The lowest BCUT2D eigenvalue weighted by Gasteiger charge is -2.50. The number of piperazine rings is 1. The van der Waals surface area contributed by atoms with E-state index < -0.39 is 18.3 Å². The first-order valence-electron chi connectivity index (χ1n) is 11.4. The van der Waals surface area contributed by atoms with E-state index in [0.29, 0.717) is 32.2 Å². The lowest BCUT2D eigenvalue weighted by atomic mass is 9.99. The summed E-state index contributed by atoms with van der Waals surface area (Å²) in [5.41, 5.74) is 0.959. The molecular weight excluding hydrogens is 438 g/mol. The Morgan fingerprint density at radius 1 is 1.32 bits per heavy atom. The van der Waals surface area contributed by atoms with E-state index in [0.717, 1.165) is 5.56 Å². The monoisotopic (exact) mass is 473 g/mol. The van der Waals surface area contributed by atoms with E-state index >= 15 is 0 Å². The molecule has 1 aromatic rings. The Morgan fingerprint density at radius 3 is 2.62 bits per heavy atom. The van der Waals surface area contributed by atoms with Crippen LogP contribution in [0.4, 0.5) is 4.79 Å². The number of nitrogens with zero attached hydrogens (tertiary/aromatic N) is 4. The molecule has 186 valence electrons. The highest BCUT2D eigenvalue weighted by Gasteiger charge is 2.44. The van der Waals surface area contributed by atoms with Gasteiger partial charge in [-0.2, -0.15) is 0 Å². The van der Waals surface area contributed by atoms with Crippen molar-refractivity contribution < 1.29 is 23.9 Å². The summed E-state index contributed by atoms with van der Waals surface area (Å²) < 4.78 is 4.89. The van der Waals surface area contributed by atoms with Gasteiger partial charge in [0.2, 0.25) is 18.7 Å². The van der Waals surface area contributed by atoms with Crippen LogP contribution in [0.2, 0.25) is 0 Å². The van der Waals surface area contributed by atoms with Gasteiger partial charge in [-0.15, -0.1) is 0 Å². The number of hydrogen-bond donors (Lipinski definition) is 1. The molecule has 0 aromatic heterocycles. The average Bonchev–Trinajstić information content (AvgIpc) is 2.86. The minimum Gasteiger partial charge on any atom is -0.445 e. The van der Waals surface area contributed by atoms with Crippen LogP contribution in [0.5, 0.6) is 0 Å². The van der Waals surface area contributed by atoms with Crippen LogP contribution in [0.25, 0.3) is 0 Å². The number of ether oxygens (including phenoxy) is 1. The summed E-state index contributed by atoms with van der Waals surface area (Å²) in [4.78, 5) is 52.5. The van der Waals surface area contributed by atoms with Crippen LogP contribution in [0, 0.1) is 0 Å². The summed E-state index contributed by atoms with van der Waals surface area (Å²) in [6.45, 7) is 8.43. The van der Waals surface area contributed by atoms with Gasteiger partial charge in [-0.25, -0.2) is 9.80 Å². The van der Waals surface area contributed by atoms with Gasteiger partial charge in [0.1, 0.15) is 18.8 Å². The molecular formula is C24H35N5O5. The first kappa shape index (κ1) is 26.8. The molecule has 4 amide bonds. The van der Waals surface area contributed by atoms with Crippen molar-refractivity contribution in [3.63, 3.8) is 0 Å². The number of hydrazine groups is 1. The number of carbonyl (C=O) groups excluding carboxylic acids is 4. The Balaban J connectivity index is 2.25. The highest BCUT2D eigenvalue weighted by atomic mass is 16.5. The molecule has 1 aliphatic rings. The first-order valence-corrected chi connectivity index (χ1v) is 11.4. The van der Waals surface area contributed by atoms with Crippen molar-refractivity contribution in [1.29, 1.82) is 0 Å². The normalized spacial score (nSPS) is 18.9. The second-order valence-corrected chi connectivity index (χ2v) is 8.04. The van der Waals surface area contributed by atoms with Crippen molar-refractivity contribution in [2.24, 2.45) is 0 Å². The molecule has 0 bridgehead atoms. The largest absolute Gasteiger partial charge is 0.445 e. The van der Waals surface area contributed by atoms with Crippen LogP contribution >= 0.6 is 0 Å². The van der Waals surface area contributed by atoms with Gasteiger partial charge >= 0.3 is 6.09 Å². The number of hydrogen-bond acceptors (Lipinski definition) is 6. The predicted molar refractivity (Wildman–Crippen MR) is 127 cm³/mol. The Labute approximate surface area is 201 Å². The lowest BCUT2D eigenvalue weighted by Crippen LogP contribution is -2.68. The van der Waals surface area contributed by atoms with Gasteiger partial charge in [-0.05, 0) is 25.3 Å². The fraction of sp³-hybridized carbons (Fsp3) is 0.500. The van der Waals surface area contributed by atoms with Crippen molar-refractivity contribution >= 4 is 24.8 Å². The third kappa shape index (κ3) is 6.57. The van der Waals surface area contributed by atoms with Crippen LogP contribution in [-0.2, 0) is 19.1 Å². The molecule has 1 fully saturated rings. The van der Waals surface area contributed by atoms with Gasteiger partial charge in [0.15, 0.2) is 0 Å². The van der Waals surface area contributed by atoms with E-state index in [4.69, 9.17) is 4.74 Å². The van der Waals surface area contributed by atoms with Crippen LogP contribution in [0.1, 0.15) is 38.3 Å². The fourth-order valence-corrected chi connectivity index (χ4v) is 4.00. The van der Waals surface area contributed by atoms with E-state index in [9.17, 15) is 19.2 Å². The van der Waals surface area contributed by atoms with Gasteiger partial charge in [-0.1, -0.05) is 49.9 Å². The summed E-state index contributed by atoms with van der Waals surface area (Å²) >= 11 is 0. The van der Waals surface area contributed by atoms with E-state index in [1.165, 1.54) is 16.0 Å². The Morgan fingerprint density at radius 2 is 2.03 bits per heavy atom. The minimum absolute atomic E-state index is 0.104. The molecule has 1 aromatic carbocycles. The topological polar surface area (TPSA) is 102 Å². The maximum atomic E-state index is 13.6. The standard InChI is InChI=1S/C24H35N5O5/c1-5-15-34-24(33)25-14-10-13-21-23(32)27(19(3)20-11-8-7-9-12-20)16-22(28(21)17-30)29(18-31)26(4)6-2/h5,7-9,11-12,17-19,21-22H,1,6,10,13-16H2,2-4H3,(H,25,33)/t19?,21-,22?/m0/s1. The highest BCUT2D eigenvalue weighted by Crippen LogP contribution is 2.29. The smallest absolute Gasteiger partial charge is 0.407 e. The summed E-state index contributed by atoms with van der Waals surface area (Å²) in [6.07, 6.45) is 2.31. The summed E-state index contributed by atoms with van der Waals surface area (Å²) in [5.74, 6) is -0.195. The third-order valence-electron chi connectivity index (χ3n) is 6.02.